The molecule has 0 aliphatic heterocycles. The number of allylic oxidation sites excluding steroid dienone is 4. The number of unbranched alkanes of at least 4 members (excludes halogenated alkanes) is 22. The maximum Gasteiger partial charge on any atom is 2.00 e. The summed E-state index contributed by atoms with van der Waals surface area (Å²) in [7, 11) is 0. The zero-order chi connectivity index (χ0) is 29.8. The second-order valence-corrected chi connectivity index (χ2v) is 11.4. The molecule has 0 unspecified atom stereocenters. The molecule has 0 radical (unpaired) electrons. The van der Waals surface area contributed by atoms with Crippen LogP contribution in [0.15, 0.2) is 24.3 Å². The van der Waals surface area contributed by atoms with E-state index in [0.29, 0.717) is 0 Å². The van der Waals surface area contributed by atoms with Crippen molar-refractivity contribution in [3.8, 4) is 0 Å². The largest absolute Gasteiger partial charge is 2.00 e. The van der Waals surface area contributed by atoms with Crippen LogP contribution in [0.25, 0.3) is 0 Å². The molecule has 0 aliphatic carbocycles. The molecule has 0 spiro atoms. The first-order valence-electron chi connectivity index (χ1n) is 17.2. The van der Waals surface area contributed by atoms with E-state index in [1.807, 2.05) is 0 Å². The minimum absolute atomic E-state index is 0. The molecular weight excluding hydrogens is 536 g/mol. The molecule has 0 rings (SSSR count). The Labute approximate surface area is 285 Å². The number of carbonyl (C=O) groups excluding carboxylic acids is 2. The third-order valence-corrected chi connectivity index (χ3v) is 7.29. The number of carboxylic acids is 2. The van der Waals surface area contributed by atoms with E-state index < -0.39 is 11.9 Å². The van der Waals surface area contributed by atoms with E-state index in [4.69, 9.17) is 0 Å². The maximum absolute atomic E-state index is 10.2. The molecule has 0 heterocycles. The van der Waals surface area contributed by atoms with Crippen LogP contribution in [0.2, 0.25) is 0 Å². The number of carboxylic acid groups (broad SMARTS) is 2. The van der Waals surface area contributed by atoms with E-state index in [1.54, 1.807) is 0 Å². The second-order valence-electron chi connectivity index (χ2n) is 11.4. The van der Waals surface area contributed by atoms with Gasteiger partial charge in [-0.2, -0.15) is 0 Å². The summed E-state index contributed by atoms with van der Waals surface area (Å²) in [6.07, 6.45) is 41.8. The van der Waals surface area contributed by atoms with Gasteiger partial charge in [0.1, 0.15) is 0 Å². The van der Waals surface area contributed by atoms with Gasteiger partial charge in [0.25, 0.3) is 0 Å². The third kappa shape index (κ3) is 49.7. The Kier molecular flexibility index (Phi) is 46.0. The van der Waals surface area contributed by atoms with Crippen LogP contribution in [0.3, 0.4) is 0 Å². The Morgan fingerprint density at radius 1 is 0.390 bits per heavy atom. The molecule has 4 nitrogen and oxygen atoms in total. The smallest absolute Gasteiger partial charge is 0.550 e. The molecule has 0 N–H and O–H groups in total. The molecule has 0 aromatic carbocycles. The Hall–Kier alpha value is -0.320. The Bertz CT molecular complexity index is 524. The molecule has 41 heavy (non-hydrogen) atoms. The summed E-state index contributed by atoms with van der Waals surface area (Å²) < 4.78 is 0. The Morgan fingerprint density at radius 3 is 0.854 bits per heavy atom. The van der Waals surface area contributed by atoms with Crippen LogP contribution in [-0.4, -0.2) is 49.7 Å². The summed E-state index contributed by atoms with van der Waals surface area (Å²) in [5.74, 6) is -1.82. The Morgan fingerprint density at radius 2 is 0.610 bits per heavy atom. The standard InChI is InChI=1S/2C18H34O2.Ca/c2*1-2-3-4-5-6-7-8-9-10-11-12-13-14-15-16-17-18(19)20;/h2*7-8H,2-6,9-17H2,1H3,(H,19,20);/q;;+2/p-2/b2*8-7+;. The van der Waals surface area contributed by atoms with Crippen molar-refractivity contribution in [1.29, 1.82) is 0 Å². The van der Waals surface area contributed by atoms with Crippen LogP contribution in [0.1, 0.15) is 194 Å². The van der Waals surface area contributed by atoms with Crippen molar-refractivity contribution >= 4 is 49.7 Å². The quantitative estimate of drug-likeness (QED) is 0.0466. The zero-order valence-electron chi connectivity index (χ0n) is 27.4. The van der Waals surface area contributed by atoms with Crippen LogP contribution in [0.5, 0.6) is 0 Å². The molecule has 0 aromatic heterocycles. The minimum atomic E-state index is -0.911. The van der Waals surface area contributed by atoms with Crippen molar-refractivity contribution in [2.75, 3.05) is 0 Å². The molecule has 0 aromatic rings. The molecule has 0 atom stereocenters. The minimum Gasteiger partial charge on any atom is -0.550 e. The first kappa shape index (κ1) is 45.1. The fraction of sp³-hybridized carbons (Fsp3) is 0.833. The van der Waals surface area contributed by atoms with Gasteiger partial charge in [-0.1, -0.05) is 141 Å². The summed E-state index contributed by atoms with van der Waals surface area (Å²) in [6.45, 7) is 4.50. The molecule has 0 saturated carbocycles. The van der Waals surface area contributed by atoms with Gasteiger partial charge in [0, 0.05) is 11.9 Å². The topological polar surface area (TPSA) is 80.3 Å². The number of hydrogen-bond donors (Lipinski definition) is 0. The summed E-state index contributed by atoms with van der Waals surface area (Å²) in [4.78, 5) is 20.4. The van der Waals surface area contributed by atoms with Gasteiger partial charge in [-0.05, 0) is 77.0 Å². The Balaban J connectivity index is -0.000000688. The predicted molar refractivity (Wildman–Crippen MR) is 175 cm³/mol. The molecule has 5 heteroatoms. The van der Waals surface area contributed by atoms with Gasteiger partial charge in [-0.3, -0.25) is 0 Å². The summed E-state index contributed by atoms with van der Waals surface area (Å²) in [5, 5.41) is 20.4. The van der Waals surface area contributed by atoms with Gasteiger partial charge >= 0.3 is 37.7 Å². The maximum atomic E-state index is 10.2. The molecule has 0 saturated heterocycles. The summed E-state index contributed by atoms with van der Waals surface area (Å²) in [6, 6.07) is 0. The van der Waals surface area contributed by atoms with Gasteiger partial charge in [0.05, 0.1) is 0 Å². The number of rotatable bonds is 30. The van der Waals surface area contributed by atoms with Crippen LogP contribution in [0.4, 0.5) is 0 Å². The van der Waals surface area contributed by atoms with E-state index in [-0.39, 0.29) is 50.6 Å². The van der Waals surface area contributed by atoms with Gasteiger partial charge in [-0.15, -0.1) is 0 Å². The van der Waals surface area contributed by atoms with Crippen LogP contribution < -0.4 is 10.2 Å². The molecule has 0 aliphatic rings. The monoisotopic (exact) mass is 602 g/mol. The predicted octanol–water partition coefficient (Wildman–Crippen LogP) is 9.17. The van der Waals surface area contributed by atoms with E-state index in [2.05, 4.69) is 38.2 Å². The SMILES string of the molecule is CCCCCC/C=C/CCCCCCCCCC(=O)[O-].CCCCCC/C=C/CCCCCCCCCC(=O)[O-].[Ca+2]. The van der Waals surface area contributed by atoms with E-state index in [0.717, 1.165) is 25.7 Å². The number of hydrogen-bond acceptors (Lipinski definition) is 4. The number of aliphatic carboxylic acids is 2. The van der Waals surface area contributed by atoms with Gasteiger partial charge in [-0.25, -0.2) is 0 Å². The molecule has 236 valence electrons. The van der Waals surface area contributed by atoms with E-state index in [1.165, 1.54) is 141 Å². The first-order chi connectivity index (χ1) is 19.5. The average Bonchev–Trinajstić information content (AvgIpc) is 2.93. The van der Waals surface area contributed by atoms with Crippen LogP contribution in [0, 0.1) is 0 Å². The average molecular weight is 603 g/mol. The first-order valence-corrected chi connectivity index (χ1v) is 17.2. The van der Waals surface area contributed by atoms with Gasteiger partial charge in [0.15, 0.2) is 0 Å². The fourth-order valence-corrected chi connectivity index (χ4v) is 4.68. The van der Waals surface area contributed by atoms with Gasteiger partial charge < -0.3 is 19.8 Å². The van der Waals surface area contributed by atoms with Crippen molar-refractivity contribution in [3.63, 3.8) is 0 Å². The van der Waals surface area contributed by atoms with Gasteiger partial charge in [0.2, 0.25) is 0 Å². The molecular formula is C36H66CaO4. The summed E-state index contributed by atoms with van der Waals surface area (Å²) in [5.41, 5.74) is 0. The van der Waals surface area contributed by atoms with Crippen molar-refractivity contribution in [2.45, 2.75) is 194 Å². The summed E-state index contributed by atoms with van der Waals surface area (Å²) >= 11 is 0. The second kappa shape index (κ2) is 41.8. The molecule has 0 fully saturated rings. The fourth-order valence-electron chi connectivity index (χ4n) is 4.68. The van der Waals surface area contributed by atoms with Crippen LogP contribution >= 0.6 is 0 Å². The third-order valence-electron chi connectivity index (χ3n) is 7.29. The normalized spacial score (nSPS) is 11.0. The van der Waals surface area contributed by atoms with Crippen molar-refractivity contribution in [2.24, 2.45) is 0 Å². The van der Waals surface area contributed by atoms with Crippen molar-refractivity contribution in [1.82, 2.24) is 0 Å². The van der Waals surface area contributed by atoms with E-state index in [9.17, 15) is 19.8 Å². The number of carbonyl (C=O) groups is 2. The zero-order valence-corrected chi connectivity index (χ0v) is 29.7. The van der Waals surface area contributed by atoms with E-state index >= 15 is 0 Å². The van der Waals surface area contributed by atoms with Crippen molar-refractivity contribution < 1.29 is 19.8 Å². The molecule has 0 amide bonds. The van der Waals surface area contributed by atoms with Crippen molar-refractivity contribution in [3.05, 3.63) is 24.3 Å². The molecule has 0 bridgehead atoms. The van der Waals surface area contributed by atoms with Crippen LogP contribution in [-0.2, 0) is 9.59 Å².